The standard InChI is InChI=1S/C29H36FN5O5/c1-3-18(2)26(37)34-23(17-32-27(38)20-11-7-12-21(30)16-20)29(40)35-14-8-13-24(35)28(39)33-22(25(31)36)15-19-9-5-4-6-10-19/h4-7,9-12,16,18,22-24H,3,8,13-15,17H2,1-2H3,(H2,31,36)(H,32,38)(H,33,39)(H,34,37)/t18-,22+,23+,24+/m1/s1. The Labute approximate surface area is 232 Å². The maximum Gasteiger partial charge on any atom is 0.251 e. The zero-order chi connectivity index (χ0) is 29.2. The predicted molar refractivity (Wildman–Crippen MR) is 146 cm³/mol. The third kappa shape index (κ3) is 8.11. The van der Waals surface area contributed by atoms with Crippen LogP contribution in [-0.2, 0) is 25.6 Å². The highest BCUT2D eigenvalue weighted by Gasteiger charge is 2.39. The second-order valence-corrected chi connectivity index (χ2v) is 9.93. The van der Waals surface area contributed by atoms with Crippen LogP contribution in [0.3, 0.4) is 0 Å². The Hall–Kier alpha value is -4.28. The zero-order valence-electron chi connectivity index (χ0n) is 22.7. The molecule has 1 saturated heterocycles. The lowest BCUT2D eigenvalue weighted by Gasteiger charge is -2.30. The van der Waals surface area contributed by atoms with E-state index < -0.39 is 47.6 Å². The fraction of sp³-hybridized carbons (Fsp3) is 0.414. The molecule has 0 aromatic heterocycles. The number of primary amides is 1. The zero-order valence-corrected chi connectivity index (χ0v) is 22.7. The second-order valence-electron chi connectivity index (χ2n) is 9.93. The molecular weight excluding hydrogens is 517 g/mol. The summed E-state index contributed by atoms with van der Waals surface area (Å²) in [6.07, 6.45) is 1.62. The highest BCUT2D eigenvalue weighted by Crippen LogP contribution is 2.19. The van der Waals surface area contributed by atoms with Gasteiger partial charge in [0.1, 0.15) is 23.9 Å². The smallest absolute Gasteiger partial charge is 0.251 e. The quantitative estimate of drug-likeness (QED) is 0.312. The number of amides is 5. The van der Waals surface area contributed by atoms with E-state index in [1.165, 1.54) is 23.1 Å². The molecule has 3 rings (SSSR count). The third-order valence-electron chi connectivity index (χ3n) is 7.01. The van der Waals surface area contributed by atoms with E-state index in [0.29, 0.717) is 19.3 Å². The first kappa shape index (κ1) is 30.3. The Morgan fingerprint density at radius 1 is 1.02 bits per heavy atom. The number of nitrogens with two attached hydrogens (primary N) is 1. The number of nitrogens with zero attached hydrogens (tertiary/aromatic N) is 1. The van der Waals surface area contributed by atoms with Crippen molar-refractivity contribution in [3.8, 4) is 0 Å². The molecule has 5 amide bonds. The number of carbonyl (C=O) groups excluding carboxylic acids is 5. The molecule has 11 heteroatoms. The lowest BCUT2D eigenvalue weighted by Crippen LogP contribution is -2.58. The van der Waals surface area contributed by atoms with Crippen LogP contribution in [-0.4, -0.2) is 65.7 Å². The minimum Gasteiger partial charge on any atom is -0.368 e. The molecule has 0 spiro atoms. The van der Waals surface area contributed by atoms with E-state index in [9.17, 15) is 28.4 Å². The molecule has 5 N–H and O–H groups in total. The maximum atomic E-state index is 13.6. The Morgan fingerprint density at radius 3 is 2.40 bits per heavy atom. The Morgan fingerprint density at radius 2 is 1.75 bits per heavy atom. The highest BCUT2D eigenvalue weighted by atomic mass is 19.1. The van der Waals surface area contributed by atoms with Gasteiger partial charge in [0.2, 0.25) is 23.6 Å². The molecule has 0 radical (unpaired) electrons. The molecule has 1 aliphatic rings. The molecule has 1 heterocycles. The SMILES string of the molecule is CC[C@@H](C)C(=O)N[C@@H](CNC(=O)c1cccc(F)c1)C(=O)N1CCC[C@H]1C(=O)N[C@@H](Cc1ccccc1)C(N)=O. The van der Waals surface area contributed by atoms with E-state index in [-0.39, 0.29) is 36.9 Å². The van der Waals surface area contributed by atoms with Gasteiger partial charge in [0.25, 0.3) is 5.91 Å². The molecule has 0 bridgehead atoms. The van der Waals surface area contributed by atoms with Crippen molar-refractivity contribution in [3.63, 3.8) is 0 Å². The Bertz CT molecular complexity index is 1220. The van der Waals surface area contributed by atoms with Gasteiger partial charge in [0, 0.05) is 31.0 Å². The van der Waals surface area contributed by atoms with Crippen molar-refractivity contribution in [2.45, 2.75) is 57.7 Å². The van der Waals surface area contributed by atoms with Gasteiger partial charge >= 0.3 is 0 Å². The first-order chi connectivity index (χ1) is 19.1. The number of benzene rings is 2. The lowest BCUT2D eigenvalue weighted by molar-refractivity contribution is -0.142. The molecule has 1 fully saturated rings. The molecule has 0 aliphatic carbocycles. The van der Waals surface area contributed by atoms with Crippen LogP contribution in [0.25, 0.3) is 0 Å². The molecule has 2 aromatic carbocycles. The van der Waals surface area contributed by atoms with Crippen LogP contribution in [0.4, 0.5) is 4.39 Å². The summed E-state index contributed by atoms with van der Waals surface area (Å²) < 4.78 is 13.6. The number of halogens is 1. The van der Waals surface area contributed by atoms with Crippen LogP contribution in [0.5, 0.6) is 0 Å². The Balaban J connectivity index is 1.73. The van der Waals surface area contributed by atoms with Gasteiger partial charge in [-0.3, -0.25) is 24.0 Å². The number of hydrogen-bond acceptors (Lipinski definition) is 5. The van der Waals surface area contributed by atoms with Crippen molar-refractivity contribution in [3.05, 3.63) is 71.5 Å². The van der Waals surface area contributed by atoms with Gasteiger partial charge in [-0.15, -0.1) is 0 Å². The average Bonchev–Trinajstić information content (AvgIpc) is 3.44. The summed E-state index contributed by atoms with van der Waals surface area (Å²) in [6, 6.07) is 11.2. The second kappa shape index (κ2) is 14.2. The van der Waals surface area contributed by atoms with Crippen LogP contribution in [0.2, 0.25) is 0 Å². The first-order valence-electron chi connectivity index (χ1n) is 13.4. The van der Waals surface area contributed by atoms with E-state index in [1.54, 1.807) is 6.92 Å². The van der Waals surface area contributed by atoms with Gasteiger partial charge in [-0.2, -0.15) is 0 Å². The van der Waals surface area contributed by atoms with Gasteiger partial charge in [-0.1, -0.05) is 50.2 Å². The topological polar surface area (TPSA) is 151 Å². The molecule has 0 unspecified atom stereocenters. The van der Waals surface area contributed by atoms with Crippen LogP contribution in [0.1, 0.15) is 49.0 Å². The summed E-state index contributed by atoms with van der Waals surface area (Å²) in [7, 11) is 0. The van der Waals surface area contributed by atoms with E-state index in [2.05, 4.69) is 16.0 Å². The summed E-state index contributed by atoms with van der Waals surface area (Å²) in [5.41, 5.74) is 6.43. The van der Waals surface area contributed by atoms with Gasteiger partial charge in [-0.05, 0) is 43.0 Å². The van der Waals surface area contributed by atoms with Crippen molar-refractivity contribution >= 4 is 29.5 Å². The number of rotatable bonds is 12. The van der Waals surface area contributed by atoms with Gasteiger partial charge < -0.3 is 26.6 Å². The van der Waals surface area contributed by atoms with Gasteiger partial charge in [0.05, 0.1) is 0 Å². The molecular formula is C29H36FN5O5. The van der Waals surface area contributed by atoms with Crippen molar-refractivity contribution in [2.24, 2.45) is 11.7 Å². The summed E-state index contributed by atoms with van der Waals surface area (Å²) in [4.78, 5) is 65.6. The fourth-order valence-corrected chi connectivity index (χ4v) is 4.47. The normalized spacial score (nSPS) is 16.9. The Kier molecular flexibility index (Phi) is 10.7. The molecule has 40 heavy (non-hydrogen) atoms. The minimum atomic E-state index is -1.16. The van der Waals surface area contributed by atoms with E-state index in [1.807, 2.05) is 37.3 Å². The van der Waals surface area contributed by atoms with Crippen molar-refractivity contribution in [1.29, 1.82) is 0 Å². The van der Waals surface area contributed by atoms with Crippen LogP contribution < -0.4 is 21.7 Å². The molecule has 4 atom stereocenters. The van der Waals surface area contributed by atoms with Crippen molar-refractivity contribution in [2.75, 3.05) is 13.1 Å². The number of carbonyl (C=O) groups is 5. The number of likely N-dealkylation sites (tertiary alicyclic amines) is 1. The van der Waals surface area contributed by atoms with E-state index >= 15 is 0 Å². The summed E-state index contributed by atoms with van der Waals surface area (Å²) in [6.45, 7) is 3.53. The third-order valence-corrected chi connectivity index (χ3v) is 7.01. The van der Waals surface area contributed by atoms with Crippen LogP contribution >= 0.6 is 0 Å². The van der Waals surface area contributed by atoms with Crippen molar-refractivity contribution in [1.82, 2.24) is 20.9 Å². The largest absolute Gasteiger partial charge is 0.368 e. The molecule has 10 nitrogen and oxygen atoms in total. The van der Waals surface area contributed by atoms with Gasteiger partial charge in [0.15, 0.2) is 0 Å². The minimum absolute atomic E-state index is 0.0637. The maximum absolute atomic E-state index is 13.6. The fourth-order valence-electron chi connectivity index (χ4n) is 4.47. The summed E-state index contributed by atoms with van der Waals surface area (Å²) in [5.74, 6) is -3.74. The summed E-state index contributed by atoms with van der Waals surface area (Å²) >= 11 is 0. The van der Waals surface area contributed by atoms with Gasteiger partial charge in [-0.25, -0.2) is 4.39 Å². The van der Waals surface area contributed by atoms with Crippen LogP contribution in [0, 0.1) is 11.7 Å². The van der Waals surface area contributed by atoms with Crippen molar-refractivity contribution < 1.29 is 28.4 Å². The lowest BCUT2D eigenvalue weighted by atomic mass is 10.0. The molecule has 214 valence electrons. The number of hydrogen-bond donors (Lipinski definition) is 4. The first-order valence-corrected chi connectivity index (χ1v) is 13.4. The van der Waals surface area contributed by atoms with Crippen LogP contribution in [0.15, 0.2) is 54.6 Å². The monoisotopic (exact) mass is 553 g/mol. The molecule has 0 saturated carbocycles. The number of nitrogens with one attached hydrogen (secondary N) is 3. The molecule has 2 aromatic rings. The predicted octanol–water partition coefficient (Wildman–Crippen LogP) is 1.29. The highest BCUT2D eigenvalue weighted by molar-refractivity contribution is 5.97. The average molecular weight is 554 g/mol. The summed E-state index contributed by atoms with van der Waals surface area (Å²) in [5, 5.41) is 7.95. The van der Waals surface area contributed by atoms with E-state index in [0.717, 1.165) is 11.6 Å². The molecule has 1 aliphatic heterocycles. The van der Waals surface area contributed by atoms with E-state index in [4.69, 9.17) is 5.73 Å².